The lowest BCUT2D eigenvalue weighted by Gasteiger charge is -2.08. The number of halogens is 2. The summed E-state index contributed by atoms with van der Waals surface area (Å²) in [5, 5.41) is 2.49. The van der Waals surface area contributed by atoms with E-state index in [2.05, 4.69) is 42.2 Å². The molecule has 0 saturated carbocycles. The molecule has 0 fully saturated rings. The van der Waals surface area contributed by atoms with Gasteiger partial charge >= 0.3 is 0 Å². The number of pyridine rings is 1. The maximum absolute atomic E-state index is 10.3. The van der Waals surface area contributed by atoms with E-state index in [1.807, 2.05) is 0 Å². The van der Waals surface area contributed by atoms with Crippen molar-refractivity contribution in [3.8, 4) is 5.88 Å². The number of nitrogens with one attached hydrogen (secondary N) is 1. The van der Waals surface area contributed by atoms with Gasteiger partial charge in [0.1, 0.15) is 10.3 Å². The Morgan fingerprint density at radius 3 is 2.85 bits per heavy atom. The molecule has 0 saturated heterocycles. The van der Waals surface area contributed by atoms with Crippen LogP contribution in [-0.4, -0.2) is 18.5 Å². The number of amides is 1. The number of ether oxygens (including phenoxy) is 1. The molecule has 0 spiro atoms. The van der Waals surface area contributed by atoms with E-state index in [0.717, 1.165) is 0 Å². The first kappa shape index (κ1) is 10.5. The summed E-state index contributed by atoms with van der Waals surface area (Å²) in [6.07, 6.45) is 0.568. The first-order chi connectivity index (χ1) is 6.19. The number of carbonyl (C=O) groups is 1. The minimum absolute atomic E-state index is 0.355. The summed E-state index contributed by atoms with van der Waals surface area (Å²) in [6, 6.07) is 1.72. The molecule has 1 heterocycles. The summed E-state index contributed by atoms with van der Waals surface area (Å²) in [4.78, 5) is 14.3. The molecule has 0 unspecified atom stereocenters. The highest BCUT2D eigenvalue weighted by Gasteiger charge is 2.09. The lowest BCUT2D eigenvalue weighted by atomic mass is 10.4. The number of carbonyl (C=O) groups excluding carboxylic acids is 1. The Bertz CT molecular complexity index is 331. The van der Waals surface area contributed by atoms with Crippen molar-refractivity contribution in [1.29, 1.82) is 0 Å². The number of nitrogens with zero attached hydrogens (tertiary/aromatic N) is 1. The maximum Gasteiger partial charge on any atom is 0.239 e. The van der Waals surface area contributed by atoms with Crippen LogP contribution in [0.5, 0.6) is 5.88 Å². The Morgan fingerprint density at radius 2 is 2.31 bits per heavy atom. The predicted octanol–water partition coefficient (Wildman–Crippen LogP) is 2.18. The van der Waals surface area contributed by atoms with E-state index < -0.39 is 0 Å². The molecule has 1 N–H and O–H groups in total. The van der Waals surface area contributed by atoms with Crippen molar-refractivity contribution in [2.24, 2.45) is 0 Å². The molecule has 1 amide bonds. The Labute approximate surface area is 91.9 Å². The van der Waals surface area contributed by atoms with Crippen molar-refractivity contribution >= 4 is 44.0 Å². The fourth-order valence-electron chi connectivity index (χ4n) is 0.801. The molecule has 0 aliphatic carbocycles. The van der Waals surface area contributed by atoms with Gasteiger partial charge in [0, 0.05) is 4.47 Å². The lowest BCUT2D eigenvalue weighted by Crippen LogP contribution is -2.00. The van der Waals surface area contributed by atoms with Crippen LogP contribution in [-0.2, 0) is 4.79 Å². The van der Waals surface area contributed by atoms with Gasteiger partial charge in [-0.05, 0) is 37.9 Å². The fraction of sp³-hybridized carbons (Fsp3) is 0.143. The minimum Gasteiger partial charge on any atom is -0.479 e. The number of anilines is 1. The molecule has 0 aliphatic heterocycles. The molecule has 4 nitrogen and oxygen atoms in total. The maximum atomic E-state index is 10.3. The Kier molecular flexibility index (Phi) is 3.68. The molecule has 70 valence electrons. The van der Waals surface area contributed by atoms with Gasteiger partial charge in [0.05, 0.1) is 7.11 Å². The monoisotopic (exact) mass is 308 g/mol. The predicted molar refractivity (Wildman–Crippen MR) is 55.9 cm³/mol. The summed E-state index contributed by atoms with van der Waals surface area (Å²) < 4.78 is 6.31. The molecular weight excluding hydrogens is 304 g/mol. The van der Waals surface area contributed by atoms with Gasteiger partial charge < -0.3 is 10.1 Å². The van der Waals surface area contributed by atoms with Crippen molar-refractivity contribution in [3.63, 3.8) is 0 Å². The number of aromatic nitrogens is 1. The van der Waals surface area contributed by atoms with Crippen LogP contribution in [0.15, 0.2) is 15.1 Å². The van der Waals surface area contributed by atoms with Gasteiger partial charge in [0.15, 0.2) is 0 Å². The van der Waals surface area contributed by atoms with Gasteiger partial charge in [-0.1, -0.05) is 0 Å². The van der Waals surface area contributed by atoms with E-state index >= 15 is 0 Å². The van der Waals surface area contributed by atoms with Crippen LogP contribution >= 0.6 is 31.9 Å². The smallest absolute Gasteiger partial charge is 0.239 e. The summed E-state index contributed by atoms with van der Waals surface area (Å²) in [6.45, 7) is 0. The molecule has 1 rings (SSSR count). The summed E-state index contributed by atoms with van der Waals surface area (Å²) in [5.41, 5.74) is 0.515. The zero-order valence-corrected chi connectivity index (χ0v) is 9.85. The third-order valence-corrected chi connectivity index (χ3v) is 2.34. The molecule has 0 aromatic carbocycles. The lowest BCUT2D eigenvalue weighted by molar-refractivity contribution is -0.105. The number of hydrogen-bond donors (Lipinski definition) is 1. The van der Waals surface area contributed by atoms with Gasteiger partial charge in [-0.25, -0.2) is 4.98 Å². The molecule has 1 aromatic heterocycles. The zero-order valence-electron chi connectivity index (χ0n) is 6.67. The number of methoxy groups -OCH3 is 1. The Hall–Kier alpha value is -0.620. The van der Waals surface area contributed by atoms with E-state index in [1.54, 1.807) is 6.07 Å². The molecule has 0 aliphatic rings. The molecule has 0 bridgehead atoms. The zero-order chi connectivity index (χ0) is 9.84. The second-order valence-corrected chi connectivity index (χ2v) is 3.74. The first-order valence-electron chi connectivity index (χ1n) is 3.29. The third kappa shape index (κ3) is 2.41. The largest absolute Gasteiger partial charge is 0.479 e. The van der Waals surface area contributed by atoms with Crippen LogP contribution in [0.2, 0.25) is 0 Å². The standard InChI is InChI=1S/C7H6Br2N2O2/c1-13-7-6(10-3-12)4(8)2-5(9)11-7/h2-3H,1H3,(H,10,12). The quantitative estimate of drug-likeness (QED) is 0.688. The highest BCUT2D eigenvalue weighted by molar-refractivity contribution is 9.11. The molecule has 13 heavy (non-hydrogen) atoms. The minimum atomic E-state index is 0.355. The van der Waals surface area contributed by atoms with Gasteiger partial charge in [-0.3, -0.25) is 4.79 Å². The summed E-state index contributed by atoms with van der Waals surface area (Å²) in [7, 11) is 1.48. The van der Waals surface area contributed by atoms with Crippen LogP contribution in [0.1, 0.15) is 0 Å². The number of rotatable bonds is 3. The second kappa shape index (κ2) is 4.57. The van der Waals surface area contributed by atoms with E-state index in [0.29, 0.717) is 27.1 Å². The Morgan fingerprint density at radius 1 is 1.62 bits per heavy atom. The third-order valence-electron chi connectivity index (χ3n) is 1.30. The average Bonchev–Trinajstić information content (AvgIpc) is 2.09. The highest BCUT2D eigenvalue weighted by atomic mass is 79.9. The number of hydrogen-bond acceptors (Lipinski definition) is 3. The second-order valence-electron chi connectivity index (χ2n) is 2.07. The molecule has 1 aromatic rings. The van der Waals surface area contributed by atoms with Crippen molar-refractivity contribution in [3.05, 3.63) is 15.1 Å². The molecule has 0 radical (unpaired) electrons. The summed E-state index contributed by atoms with van der Waals surface area (Å²) >= 11 is 6.47. The van der Waals surface area contributed by atoms with Gasteiger partial charge in [0.2, 0.25) is 12.3 Å². The van der Waals surface area contributed by atoms with Gasteiger partial charge in [0.25, 0.3) is 0 Å². The van der Waals surface area contributed by atoms with Crippen LogP contribution in [0, 0.1) is 0 Å². The van der Waals surface area contributed by atoms with E-state index in [-0.39, 0.29) is 0 Å². The fourth-order valence-corrected chi connectivity index (χ4v) is 2.00. The normalized spacial score (nSPS) is 9.46. The summed E-state index contributed by atoms with van der Waals surface area (Å²) in [5.74, 6) is 0.355. The van der Waals surface area contributed by atoms with E-state index in [1.165, 1.54) is 7.11 Å². The van der Waals surface area contributed by atoms with E-state index in [9.17, 15) is 4.79 Å². The van der Waals surface area contributed by atoms with Crippen LogP contribution in [0.3, 0.4) is 0 Å². The van der Waals surface area contributed by atoms with Gasteiger partial charge in [-0.15, -0.1) is 0 Å². The average molecular weight is 310 g/mol. The molecule has 0 atom stereocenters. The van der Waals surface area contributed by atoms with E-state index in [4.69, 9.17) is 4.74 Å². The SMILES string of the molecule is COc1nc(Br)cc(Br)c1NC=O. The van der Waals surface area contributed by atoms with Crippen molar-refractivity contribution in [2.75, 3.05) is 12.4 Å². The van der Waals surface area contributed by atoms with Crippen molar-refractivity contribution in [2.45, 2.75) is 0 Å². The van der Waals surface area contributed by atoms with Crippen LogP contribution in [0.4, 0.5) is 5.69 Å². The Balaban J connectivity index is 3.20. The van der Waals surface area contributed by atoms with Crippen LogP contribution < -0.4 is 10.1 Å². The highest BCUT2D eigenvalue weighted by Crippen LogP contribution is 2.32. The molecule has 6 heteroatoms. The molecular formula is C7H6Br2N2O2. The van der Waals surface area contributed by atoms with Gasteiger partial charge in [-0.2, -0.15) is 0 Å². The van der Waals surface area contributed by atoms with Crippen molar-refractivity contribution < 1.29 is 9.53 Å². The topological polar surface area (TPSA) is 51.2 Å². The van der Waals surface area contributed by atoms with Crippen molar-refractivity contribution in [1.82, 2.24) is 4.98 Å². The first-order valence-corrected chi connectivity index (χ1v) is 4.88. The van der Waals surface area contributed by atoms with Crippen LogP contribution in [0.25, 0.3) is 0 Å².